The third-order valence-electron chi connectivity index (χ3n) is 3.09. The van der Waals surface area contributed by atoms with Crippen molar-refractivity contribution in [3.63, 3.8) is 0 Å². The molecule has 0 unspecified atom stereocenters. The van der Waals surface area contributed by atoms with Crippen LogP contribution in [0.25, 0.3) is 11.5 Å². The number of thiophene rings is 1. The summed E-state index contributed by atoms with van der Waals surface area (Å²) in [5, 5.41) is 0.779. The molecule has 0 fully saturated rings. The number of oxazole rings is 1. The largest absolute Gasteiger partial charge is 0.441 e. The van der Waals surface area contributed by atoms with Gasteiger partial charge in [0.2, 0.25) is 5.89 Å². The normalized spacial score (nSPS) is 14.9. The Balaban J connectivity index is 2.16. The second-order valence-corrected chi connectivity index (χ2v) is 5.34. The van der Waals surface area contributed by atoms with Crippen LogP contribution in [-0.2, 0) is 17.8 Å². The molecule has 0 radical (unpaired) electrons. The van der Waals surface area contributed by atoms with E-state index >= 15 is 0 Å². The molecule has 1 aliphatic rings. The first kappa shape index (κ1) is 10.8. The first-order valence-electron chi connectivity index (χ1n) is 5.59. The number of nitrogens with zero attached hydrogens (tertiary/aromatic N) is 1. The van der Waals surface area contributed by atoms with Gasteiger partial charge >= 0.3 is 0 Å². The van der Waals surface area contributed by atoms with Crippen LogP contribution < -0.4 is 5.73 Å². The maximum absolute atomic E-state index is 6.08. The maximum atomic E-state index is 6.08. The summed E-state index contributed by atoms with van der Waals surface area (Å²) in [6.07, 6.45) is 0.888. The van der Waals surface area contributed by atoms with Crippen LogP contribution in [0.1, 0.15) is 21.9 Å². The molecule has 2 aromatic heterocycles. The quantitative estimate of drug-likeness (QED) is 0.845. The lowest BCUT2D eigenvalue weighted by atomic mass is 10.1. The van der Waals surface area contributed by atoms with Crippen LogP contribution in [-0.4, -0.2) is 11.6 Å². The third-order valence-corrected chi connectivity index (χ3v) is 4.12. The highest BCUT2D eigenvalue weighted by molar-refractivity contribution is 7.16. The zero-order valence-corrected chi connectivity index (χ0v) is 10.7. The topological polar surface area (TPSA) is 61.3 Å². The van der Waals surface area contributed by atoms with Gasteiger partial charge in [0.1, 0.15) is 5.76 Å². The molecule has 3 rings (SSSR count). The van der Waals surface area contributed by atoms with Crippen molar-refractivity contribution in [2.24, 2.45) is 0 Å². The minimum Gasteiger partial charge on any atom is -0.441 e. The monoisotopic (exact) mass is 250 g/mol. The molecule has 0 saturated heterocycles. The van der Waals surface area contributed by atoms with Crippen LogP contribution in [0.3, 0.4) is 0 Å². The maximum Gasteiger partial charge on any atom is 0.229 e. The van der Waals surface area contributed by atoms with Crippen LogP contribution in [0.4, 0.5) is 5.00 Å². The molecule has 0 saturated carbocycles. The molecule has 5 heteroatoms. The Morgan fingerprint density at radius 3 is 2.88 bits per heavy atom. The molecule has 0 aromatic carbocycles. The first-order chi connectivity index (χ1) is 8.16. The van der Waals surface area contributed by atoms with Gasteiger partial charge in [-0.3, -0.25) is 0 Å². The minimum absolute atomic E-state index is 0.650. The Morgan fingerprint density at radius 2 is 2.18 bits per heavy atom. The van der Waals surface area contributed by atoms with Crippen LogP contribution in [0, 0.1) is 13.8 Å². The highest BCUT2D eigenvalue weighted by Gasteiger charge is 2.24. The fraction of sp³-hybridized carbons (Fsp3) is 0.417. The van der Waals surface area contributed by atoms with E-state index < -0.39 is 0 Å². The van der Waals surface area contributed by atoms with E-state index in [0.29, 0.717) is 12.5 Å². The first-order valence-corrected chi connectivity index (χ1v) is 6.40. The summed E-state index contributed by atoms with van der Waals surface area (Å²) in [4.78, 5) is 5.65. The predicted molar refractivity (Wildman–Crippen MR) is 67.1 cm³/mol. The van der Waals surface area contributed by atoms with Crippen LogP contribution in [0.15, 0.2) is 4.42 Å². The van der Waals surface area contributed by atoms with E-state index in [1.54, 1.807) is 11.3 Å². The summed E-state index contributed by atoms with van der Waals surface area (Å²) in [6.45, 7) is 5.27. The van der Waals surface area contributed by atoms with Crippen molar-refractivity contribution in [3.8, 4) is 11.5 Å². The fourth-order valence-electron chi connectivity index (χ4n) is 2.07. The number of nitrogen functional groups attached to an aromatic ring is 1. The van der Waals surface area contributed by atoms with Gasteiger partial charge in [-0.05, 0) is 25.8 Å². The molecule has 4 nitrogen and oxygen atoms in total. The van der Waals surface area contributed by atoms with E-state index in [2.05, 4.69) is 4.98 Å². The molecule has 3 heterocycles. The van der Waals surface area contributed by atoms with Crippen molar-refractivity contribution < 1.29 is 9.15 Å². The number of hydrogen-bond donors (Lipinski definition) is 1. The second kappa shape index (κ2) is 3.85. The standard InChI is InChI=1S/C12H14N2O2S/c1-6-7(2)16-12(14-6)10-8-3-4-15-5-9(8)17-11(10)13/h3-5,13H2,1-2H3. The molecule has 0 atom stereocenters. The zero-order chi connectivity index (χ0) is 12.0. The van der Waals surface area contributed by atoms with Gasteiger partial charge in [0.25, 0.3) is 0 Å². The fourth-order valence-corrected chi connectivity index (χ4v) is 3.12. The number of fused-ring (bicyclic) bond motifs is 1. The van der Waals surface area contributed by atoms with Crippen molar-refractivity contribution in [2.75, 3.05) is 12.3 Å². The number of aryl methyl sites for hydroxylation is 2. The Hall–Kier alpha value is -1.33. The molecule has 0 aliphatic carbocycles. The van der Waals surface area contributed by atoms with Gasteiger partial charge in [0, 0.05) is 4.88 Å². The van der Waals surface area contributed by atoms with Crippen LogP contribution >= 0.6 is 11.3 Å². The lowest BCUT2D eigenvalue weighted by Crippen LogP contribution is -2.07. The van der Waals surface area contributed by atoms with E-state index in [9.17, 15) is 0 Å². The summed E-state index contributed by atoms with van der Waals surface area (Å²) in [5.74, 6) is 1.50. The molecule has 0 spiro atoms. The van der Waals surface area contributed by atoms with Crippen molar-refractivity contribution in [3.05, 3.63) is 21.9 Å². The molecule has 2 aromatic rings. The Kier molecular flexibility index (Phi) is 2.45. The molecular formula is C12H14N2O2S. The number of anilines is 1. The average Bonchev–Trinajstić information content (AvgIpc) is 2.78. The smallest absolute Gasteiger partial charge is 0.229 e. The minimum atomic E-state index is 0.650. The van der Waals surface area contributed by atoms with Gasteiger partial charge in [0.05, 0.1) is 29.5 Å². The molecule has 17 heavy (non-hydrogen) atoms. The predicted octanol–water partition coefficient (Wildman–Crippen LogP) is 2.67. The summed E-state index contributed by atoms with van der Waals surface area (Å²) < 4.78 is 11.1. The third kappa shape index (κ3) is 1.66. The Bertz CT molecular complexity index is 552. The SMILES string of the molecule is Cc1nc(-c2c(N)sc3c2CCOC3)oc1C. The number of ether oxygens (including phenoxy) is 1. The van der Waals surface area contributed by atoms with E-state index in [4.69, 9.17) is 14.9 Å². The summed E-state index contributed by atoms with van der Waals surface area (Å²) in [7, 11) is 0. The van der Waals surface area contributed by atoms with Gasteiger partial charge in [-0.15, -0.1) is 11.3 Å². The van der Waals surface area contributed by atoms with Gasteiger partial charge in [-0.2, -0.15) is 0 Å². The van der Waals surface area contributed by atoms with E-state index in [-0.39, 0.29) is 0 Å². The lowest BCUT2D eigenvalue weighted by molar-refractivity contribution is 0.114. The lowest BCUT2D eigenvalue weighted by Gasteiger charge is -2.12. The van der Waals surface area contributed by atoms with Gasteiger partial charge in [-0.25, -0.2) is 4.98 Å². The summed E-state index contributed by atoms with van der Waals surface area (Å²) >= 11 is 1.58. The number of rotatable bonds is 1. The van der Waals surface area contributed by atoms with Crippen molar-refractivity contribution >= 4 is 16.3 Å². The van der Waals surface area contributed by atoms with Crippen molar-refractivity contribution in [2.45, 2.75) is 26.9 Å². The molecule has 90 valence electrons. The summed E-state index contributed by atoms with van der Waals surface area (Å²) in [5.41, 5.74) is 9.22. The van der Waals surface area contributed by atoms with Gasteiger partial charge < -0.3 is 14.9 Å². The molecule has 1 aliphatic heterocycles. The molecule has 0 bridgehead atoms. The van der Waals surface area contributed by atoms with E-state index in [0.717, 1.165) is 35.0 Å². The molecular weight excluding hydrogens is 236 g/mol. The summed E-state index contributed by atoms with van der Waals surface area (Å²) in [6, 6.07) is 0. The molecule has 0 amide bonds. The van der Waals surface area contributed by atoms with Crippen LogP contribution in [0.2, 0.25) is 0 Å². The van der Waals surface area contributed by atoms with Crippen molar-refractivity contribution in [1.82, 2.24) is 4.98 Å². The van der Waals surface area contributed by atoms with Gasteiger partial charge in [-0.1, -0.05) is 0 Å². The van der Waals surface area contributed by atoms with E-state index in [1.165, 1.54) is 10.4 Å². The second-order valence-electron chi connectivity index (χ2n) is 4.21. The average molecular weight is 250 g/mol. The highest BCUT2D eigenvalue weighted by atomic mass is 32.1. The molecule has 2 N–H and O–H groups in total. The van der Waals surface area contributed by atoms with Crippen LogP contribution in [0.5, 0.6) is 0 Å². The highest BCUT2D eigenvalue weighted by Crippen LogP contribution is 2.41. The number of aromatic nitrogens is 1. The zero-order valence-electron chi connectivity index (χ0n) is 9.87. The van der Waals surface area contributed by atoms with Crippen molar-refractivity contribution in [1.29, 1.82) is 0 Å². The Morgan fingerprint density at radius 1 is 1.35 bits per heavy atom. The number of nitrogens with two attached hydrogens (primary N) is 1. The Labute approximate surface area is 103 Å². The number of hydrogen-bond acceptors (Lipinski definition) is 5. The van der Waals surface area contributed by atoms with Gasteiger partial charge in [0.15, 0.2) is 0 Å². The van der Waals surface area contributed by atoms with E-state index in [1.807, 2.05) is 13.8 Å².